The Morgan fingerprint density at radius 3 is 2.81 bits per heavy atom. The highest BCUT2D eigenvalue weighted by Crippen LogP contribution is 2.34. The predicted octanol–water partition coefficient (Wildman–Crippen LogP) is 3.05. The van der Waals surface area contributed by atoms with Gasteiger partial charge in [-0.15, -0.1) is 0 Å². The van der Waals surface area contributed by atoms with Crippen LogP contribution in [0.1, 0.15) is 25.3 Å². The maximum absolute atomic E-state index is 13.0. The van der Waals surface area contributed by atoms with Crippen LogP contribution in [-0.4, -0.2) is 42.0 Å². The molecule has 0 unspecified atom stereocenters. The highest BCUT2D eigenvalue weighted by atomic mass is 32.2. The van der Waals surface area contributed by atoms with E-state index in [9.17, 15) is 22.8 Å². The second-order valence-electron chi connectivity index (χ2n) is 5.63. The zero-order chi connectivity index (χ0) is 19.9. The molecule has 0 saturated carbocycles. The van der Waals surface area contributed by atoms with Gasteiger partial charge in [-0.2, -0.15) is 13.2 Å². The molecule has 0 aromatic heterocycles. The van der Waals surface area contributed by atoms with Crippen LogP contribution >= 0.6 is 11.8 Å². The quantitative estimate of drug-likeness (QED) is 0.654. The molecule has 148 valence electrons. The Kier molecular flexibility index (Phi) is 7.66. The Labute approximate surface area is 158 Å². The van der Waals surface area contributed by atoms with Crippen LogP contribution in [0.4, 0.5) is 18.9 Å². The first-order valence-corrected chi connectivity index (χ1v) is 9.25. The topological polar surface area (TPSA) is 79.8 Å². The summed E-state index contributed by atoms with van der Waals surface area (Å²) in [6.45, 7) is 3.55. The third-order valence-corrected chi connectivity index (χ3v) is 4.68. The molecule has 1 heterocycles. The van der Waals surface area contributed by atoms with Gasteiger partial charge in [0.25, 0.3) is 0 Å². The van der Waals surface area contributed by atoms with Crippen molar-refractivity contribution in [2.24, 2.45) is 4.99 Å². The summed E-state index contributed by atoms with van der Waals surface area (Å²) in [6, 6.07) is 4.70. The number of aliphatic imine (C=N–C) groups is 1. The molecule has 1 aliphatic rings. The lowest BCUT2D eigenvalue weighted by atomic mass is 10.1. The van der Waals surface area contributed by atoms with E-state index in [0.29, 0.717) is 31.3 Å². The number of carbonyl (C=O) groups excluding carboxylic acids is 2. The molecule has 2 rings (SSSR count). The van der Waals surface area contributed by atoms with Crippen LogP contribution in [0, 0.1) is 0 Å². The number of nitrogens with zero attached hydrogens (tertiary/aromatic N) is 1. The van der Waals surface area contributed by atoms with E-state index in [1.54, 1.807) is 0 Å². The van der Waals surface area contributed by atoms with Crippen molar-refractivity contribution in [3.63, 3.8) is 0 Å². The Balaban J connectivity index is 1.90. The van der Waals surface area contributed by atoms with Crippen molar-refractivity contribution in [2.75, 3.05) is 25.1 Å². The number of para-hydroxylation sites is 1. The number of carbonyl (C=O) groups is 2. The van der Waals surface area contributed by atoms with Gasteiger partial charge in [0.15, 0.2) is 5.17 Å². The molecular formula is C17H20F3N3O3S. The van der Waals surface area contributed by atoms with Crippen LogP contribution in [0.3, 0.4) is 0 Å². The number of benzene rings is 1. The number of rotatable bonds is 8. The number of hydrogen-bond acceptors (Lipinski definition) is 5. The fraction of sp³-hybridized carbons (Fsp3) is 0.471. The fourth-order valence-corrected chi connectivity index (χ4v) is 3.31. The van der Waals surface area contributed by atoms with Gasteiger partial charge in [-0.25, -0.2) is 0 Å². The number of thioether (sulfide) groups is 1. The Morgan fingerprint density at radius 2 is 2.11 bits per heavy atom. The van der Waals surface area contributed by atoms with E-state index < -0.39 is 22.9 Å². The van der Waals surface area contributed by atoms with Gasteiger partial charge in [-0.1, -0.05) is 23.9 Å². The normalized spacial score (nSPS) is 18.6. The van der Waals surface area contributed by atoms with Crippen LogP contribution < -0.4 is 10.6 Å². The first-order chi connectivity index (χ1) is 12.8. The third kappa shape index (κ3) is 6.55. The third-order valence-electron chi connectivity index (χ3n) is 3.56. The summed E-state index contributed by atoms with van der Waals surface area (Å²) in [5.41, 5.74) is -1.26. The molecular weight excluding hydrogens is 383 g/mol. The average molecular weight is 403 g/mol. The lowest BCUT2D eigenvalue weighted by Gasteiger charge is -2.14. The van der Waals surface area contributed by atoms with E-state index in [1.807, 2.05) is 6.92 Å². The summed E-state index contributed by atoms with van der Waals surface area (Å²) < 4.78 is 44.1. The van der Waals surface area contributed by atoms with Gasteiger partial charge in [-0.3, -0.25) is 14.6 Å². The minimum atomic E-state index is -4.58. The number of alkyl halides is 3. The molecule has 0 bridgehead atoms. The molecule has 0 spiro atoms. The van der Waals surface area contributed by atoms with Crippen molar-refractivity contribution < 1.29 is 27.5 Å². The van der Waals surface area contributed by atoms with Gasteiger partial charge < -0.3 is 15.4 Å². The first-order valence-electron chi connectivity index (χ1n) is 8.37. The van der Waals surface area contributed by atoms with E-state index >= 15 is 0 Å². The number of nitrogens with one attached hydrogen (secondary N) is 2. The first kappa shape index (κ1) is 21.2. The molecule has 1 aliphatic heterocycles. The van der Waals surface area contributed by atoms with Crippen LogP contribution in [0.15, 0.2) is 29.3 Å². The maximum atomic E-state index is 13.0. The van der Waals surface area contributed by atoms with Crippen LogP contribution in [0.25, 0.3) is 0 Å². The van der Waals surface area contributed by atoms with Crippen molar-refractivity contribution in [1.29, 1.82) is 0 Å². The molecule has 1 aromatic carbocycles. The SMILES string of the molecule is CCOCCCN=C1NC(=O)[C@@H](CC(=O)Nc2ccccc2C(F)(F)F)S1. The zero-order valence-electron chi connectivity index (χ0n) is 14.6. The number of anilines is 1. The molecule has 2 N–H and O–H groups in total. The summed E-state index contributed by atoms with van der Waals surface area (Å²) in [7, 11) is 0. The number of hydrogen-bond donors (Lipinski definition) is 2. The molecule has 0 aliphatic carbocycles. The molecule has 0 radical (unpaired) electrons. The molecule has 10 heteroatoms. The fourth-order valence-electron chi connectivity index (χ4n) is 2.32. The monoisotopic (exact) mass is 403 g/mol. The molecule has 1 saturated heterocycles. The van der Waals surface area contributed by atoms with E-state index in [2.05, 4.69) is 15.6 Å². The van der Waals surface area contributed by atoms with Crippen molar-refractivity contribution >= 4 is 34.4 Å². The molecule has 1 atom stereocenters. The van der Waals surface area contributed by atoms with Crippen molar-refractivity contribution in [3.05, 3.63) is 29.8 Å². The number of amides is 2. The van der Waals surface area contributed by atoms with Crippen LogP contribution in [0.2, 0.25) is 0 Å². The molecule has 6 nitrogen and oxygen atoms in total. The lowest BCUT2D eigenvalue weighted by molar-refractivity contribution is -0.137. The summed E-state index contributed by atoms with van der Waals surface area (Å²) in [5.74, 6) is -1.06. The summed E-state index contributed by atoms with van der Waals surface area (Å²) in [5, 5.41) is 4.49. The van der Waals surface area contributed by atoms with E-state index in [1.165, 1.54) is 18.2 Å². The van der Waals surface area contributed by atoms with E-state index in [-0.39, 0.29) is 18.0 Å². The molecule has 27 heavy (non-hydrogen) atoms. The zero-order valence-corrected chi connectivity index (χ0v) is 15.5. The van der Waals surface area contributed by atoms with Crippen LogP contribution in [0.5, 0.6) is 0 Å². The standard InChI is InChI=1S/C17H20F3N3O3S/c1-2-26-9-5-8-21-16-23-15(25)13(27-16)10-14(24)22-12-7-4-3-6-11(12)17(18,19)20/h3-4,6-7,13H,2,5,8-10H2,1H3,(H,22,24)(H,21,23,25)/t13-/m1/s1. The highest BCUT2D eigenvalue weighted by Gasteiger charge is 2.35. The minimum Gasteiger partial charge on any atom is -0.382 e. The number of halogens is 3. The largest absolute Gasteiger partial charge is 0.418 e. The van der Waals surface area contributed by atoms with Gasteiger partial charge in [0.05, 0.1) is 11.3 Å². The van der Waals surface area contributed by atoms with Crippen molar-refractivity contribution in [3.8, 4) is 0 Å². The molecule has 1 aromatic rings. The maximum Gasteiger partial charge on any atom is 0.418 e. The summed E-state index contributed by atoms with van der Waals surface area (Å²) in [4.78, 5) is 28.3. The second kappa shape index (κ2) is 9.75. The van der Waals surface area contributed by atoms with E-state index in [0.717, 1.165) is 17.8 Å². The minimum absolute atomic E-state index is 0.249. The Bertz CT molecular complexity index is 710. The number of amidine groups is 1. The van der Waals surface area contributed by atoms with Crippen molar-refractivity contribution in [2.45, 2.75) is 31.2 Å². The summed E-state index contributed by atoms with van der Waals surface area (Å²) >= 11 is 1.10. The number of ether oxygens (including phenoxy) is 1. The Hall–Kier alpha value is -2.07. The average Bonchev–Trinajstić information content (AvgIpc) is 2.93. The molecule has 2 amide bonds. The van der Waals surface area contributed by atoms with Crippen LogP contribution in [-0.2, 0) is 20.5 Å². The van der Waals surface area contributed by atoms with E-state index in [4.69, 9.17) is 4.74 Å². The predicted molar refractivity (Wildman–Crippen MR) is 97.6 cm³/mol. The van der Waals surface area contributed by atoms with Gasteiger partial charge >= 0.3 is 6.18 Å². The lowest BCUT2D eigenvalue weighted by Crippen LogP contribution is -2.28. The smallest absolute Gasteiger partial charge is 0.382 e. The highest BCUT2D eigenvalue weighted by molar-refractivity contribution is 8.15. The van der Waals surface area contributed by atoms with Crippen molar-refractivity contribution in [1.82, 2.24) is 5.32 Å². The molecule has 1 fully saturated rings. The summed E-state index contributed by atoms with van der Waals surface area (Å²) in [6.07, 6.45) is -4.13. The van der Waals surface area contributed by atoms with Gasteiger partial charge in [-0.05, 0) is 25.5 Å². The second-order valence-corrected chi connectivity index (χ2v) is 6.82. The Morgan fingerprint density at radius 1 is 1.37 bits per heavy atom. The van der Waals surface area contributed by atoms with Gasteiger partial charge in [0.1, 0.15) is 5.25 Å². The van der Waals surface area contributed by atoms with Gasteiger partial charge in [0.2, 0.25) is 11.8 Å². The van der Waals surface area contributed by atoms with Gasteiger partial charge in [0, 0.05) is 26.2 Å².